The van der Waals surface area contributed by atoms with E-state index in [-0.39, 0.29) is 6.42 Å². The first-order valence-electron chi connectivity index (χ1n) is 3.17. The van der Waals surface area contributed by atoms with Crippen molar-refractivity contribution in [1.29, 1.82) is 0 Å². The lowest BCUT2D eigenvalue weighted by molar-refractivity contribution is -0.178. The van der Waals surface area contributed by atoms with Crippen molar-refractivity contribution in [3.8, 4) is 0 Å². The topological polar surface area (TPSA) is 17.1 Å². The maximum Gasteiger partial charge on any atom is 0.311 e. The van der Waals surface area contributed by atoms with Crippen molar-refractivity contribution in [3.05, 3.63) is 0 Å². The van der Waals surface area contributed by atoms with E-state index in [4.69, 9.17) is 0 Å². The number of halogens is 4. The normalized spacial score (nSPS) is 28.5. The minimum absolute atomic E-state index is 0.300. The van der Waals surface area contributed by atoms with E-state index in [1.807, 2.05) is 0 Å². The highest BCUT2D eigenvalue weighted by Crippen LogP contribution is 2.38. The number of hydrogen-bond donors (Lipinski definition) is 0. The highest BCUT2D eigenvalue weighted by atomic mass is 19.3. The summed E-state index contributed by atoms with van der Waals surface area (Å²) in [7, 11) is 0. The molecule has 0 bridgehead atoms. The predicted octanol–water partition coefficient (Wildman–Crippen LogP) is 2.01. The van der Waals surface area contributed by atoms with Crippen LogP contribution >= 0.6 is 0 Å². The molecule has 0 atom stereocenters. The molecule has 1 fully saturated rings. The zero-order chi connectivity index (χ0) is 8.70. The van der Waals surface area contributed by atoms with E-state index in [1.165, 1.54) is 0 Å². The van der Waals surface area contributed by atoms with Gasteiger partial charge in [0.25, 0.3) is 5.78 Å². The number of alkyl halides is 4. The number of hydrogen-bond acceptors (Lipinski definition) is 1. The van der Waals surface area contributed by atoms with Crippen molar-refractivity contribution in [1.82, 2.24) is 0 Å². The average molecular weight is 170 g/mol. The molecule has 0 saturated heterocycles. The number of Topliss-reactive ketones (excluding diaryl/α,β-unsaturated/α-hetero) is 1. The molecule has 1 aliphatic carbocycles. The van der Waals surface area contributed by atoms with Gasteiger partial charge in [-0.15, -0.1) is 0 Å². The van der Waals surface area contributed by atoms with E-state index in [2.05, 4.69) is 0 Å². The van der Waals surface area contributed by atoms with Crippen LogP contribution in [-0.2, 0) is 4.79 Å². The average Bonchev–Trinajstić information content (AvgIpc) is 1.82. The van der Waals surface area contributed by atoms with Crippen LogP contribution in [-0.4, -0.2) is 17.6 Å². The van der Waals surface area contributed by atoms with Crippen LogP contribution in [0, 0.1) is 0 Å². The fourth-order valence-corrected chi connectivity index (χ4v) is 1.03. The van der Waals surface area contributed by atoms with Gasteiger partial charge >= 0.3 is 11.8 Å². The summed E-state index contributed by atoms with van der Waals surface area (Å²) in [4.78, 5) is 10.3. The Balaban J connectivity index is 2.85. The van der Waals surface area contributed by atoms with Gasteiger partial charge in [0.1, 0.15) is 0 Å². The molecule has 0 aromatic rings. The van der Waals surface area contributed by atoms with Gasteiger partial charge in [-0.3, -0.25) is 4.79 Å². The smallest absolute Gasteiger partial charge is 0.286 e. The first-order chi connectivity index (χ1) is 4.86. The van der Waals surface area contributed by atoms with Gasteiger partial charge in [-0.2, -0.15) is 17.6 Å². The summed E-state index contributed by atoms with van der Waals surface area (Å²) >= 11 is 0. The predicted molar refractivity (Wildman–Crippen MR) is 28.8 cm³/mol. The Hall–Kier alpha value is -0.610. The first-order valence-corrected chi connectivity index (χ1v) is 3.17. The molecule has 1 rings (SSSR count). The van der Waals surface area contributed by atoms with Gasteiger partial charge in [-0.1, -0.05) is 0 Å². The van der Waals surface area contributed by atoms with Crippen LogP contribution in [0.5, 0.6) is 0 Å². The number of ketones is 1. The number of carbonyl (C=O) groups is 1. The third-order valence-electron chi connectivity index (χ3n) is 1.65. The molecule has 0 amide bonds. The molecule has 0 aromatic carbocycles. The van der Waals surface area contributed by atoms with E-state index in [0.29, 0.717) is 0 Å². The Morgan fingerprint density at radius 3 is 1.64 bits per heavy atom. The standard InChI is InChI=1S/C6H6F4O/c7-5(8)2-1-3-6(9,10)4(5)11/h1-3H2. The highest BCUT2D eigenvalue weighted by molar-refractivity contribution is 5.92. The lowest BCUT2D eigenvalue weighted by Crippen LogP contribution is -2.46. The molecule has 0 aromatic heterocycles. The summed E-state index contributed by atoms with van der Waals surface area (Å²) < 4.78 is 49.1. The Morgan fingerprint density at radius 2 is 1.36 bits per heavy atom. The fourth-order valence-electron chi connectivity index (χ4n) is 1.03. The van der Waals surface area contributed by atoms with Crippen molar-refractivity contribution >= 4 is 5.78 Å². The van der Waals surface area contributed by atoms with Gasteiger partial charge in [0, 0.05) is 12.8 Å². The first kappa shape index (κ1) is 8.49. The van der Waals surface area contributed by atoms with Crippen LogP contribution < -0.4 is 0 Å². The molecule has 5 heteroatoms. The molecular formula is C6H6F4O. The van der Waals surface area contributed by atoms with Crippen LogP contribution in [0.1, 0.15) is 19.3 Å². The number of rotatable bonds is 0. The summed E-state index contributed by atoms with van der Waals surface area (Å²) in [5.74, 6) is -9.86. The van der Waals surface area contributed by atoms with Gasteiger partial charge in [-0.05, 0) is 6.42 Å². The summed E-state index contributed by atoms with van der Waals surface area (Å²) in [5, 5.41) is 0. The summed E-state index contributed by atoms with van der Waals surface area (Å²) in [6, 6.07) is 0. The van der Waals surface area contributed by atoms with Crippen LogP contribution in [0.3, 0.4) is 0 Å². The van der Waals surface area contributed by atoms with Crippen LogP contribution in [0.4, 0.5) is 17.6 Å². The van der Waals surface area contributed by atoms with Crippen LogP contribution in [0.25, 0.3) is 0 Å². The molecule has 11 heavy (non-hydrogen) atoms. The van der Waals surface area contributed by atoms with Gasteiger partial charge in [-0.25, -0.2) is 0 Å². The third-order valence-corrected chi connectivity index (χ3v) is 1.65. The van der Waals surface area contributed by atoms with E-state index in [9.17, 15) is 22.4 Å². The van der Waals surface area contributed by atoms with Crippen molar-refractivity contribution in [2.24, 2.45) is 0 Å². The second-order valence-corrected chi connectivity index (χ2v) is 2.59. The quantitative estimate of drug-likeness (QED) is 0.508. The molecule has 0 heterocycles. The maximum atomic E-state index is 12.3. The van der Waals surface area contributed by atoms with Crippen molar-refractivity contribution in [2.75, 3.05) is 0 Å². The summed E-state index contributed by atoms with van der Waals surface area (Å²) in [6.45, 7) is 0. The Bertz CT molecular complexity index is 169. The molecule has 1 aliphatic rings. The van der Waals surface area contributed by atoms with Crippen LogP contribution in [0.2, 0.25) is 0 Å². The van der Waals surface area contributed by atoms with Gasteiger partial charge in [0.05, 0.1) is 0 Å². The zero-order valence-electron chi connectivity index (χ0n) is 5.54. The second kappa shape index (κ2) is 2.19. The molecule has 1 saturated carbocycles. The minimum atomic E-state index is -3.82. The van der Waals surface area contributed by atoms with E-state index < -0.39 is 30.5 Å². The number of carbonyl (C=O) groups excluding carboxylic acids is 1. The Labute approximate surface area is 60.4 Å². The largest absolute Gasteiger partial charge is 0.311 e. The van der Waals surface area contributed by atoms with E-state index >= 15 is 0 Å². The Morgan fingerprint density at radius 1 is 1.00 bits per heavy atom. The lowest BCUT2D eigenvalue weighted by Gasteiger charge is -2.26. The minimum Gasteiger partial charge on any atom is -0.286 e. The van der Waals surface area contributed by atoms with E-state index in [0.717, 1.165) is 0 Å². The second-order valence-electron chi connectivity index (χ2n) is 2.59. The molecule has 0 spiro atoms. The van der Waals surface area contributed by atoms with Crippen LogP contribution in [0.15, 0.2) is 0 Å². The van der Waals surface area contributed by atoms with Crippen molar-refractivity contribution in [3.63, 3.8) is 0 Å². The monoisotopic (exact) mass is 170 g/mol. The molecule has 0 N–H and O–H groups in total. The van der Waals surface area contributed by atoms with Crippen molar-refractivity contribution < 1.29 is 22.4 Å². The zero-order valence-corrected chi connectivity index (χ0v) is 5.54. The lowest BCUT2D eigenvalue weighted by atomic mass is 9.92. The summed E-state index contributed by atoms with van der Waals surface area (Å²) in [6.07, 6.45) is -1.80. The Kier molecular flexibility index (Phi) is 1.69. The van der Waals surface area contributed by atoms with Gasteiger partial charge < -0.3 is 0 Å². The molecular weight excluding hydrogens is 164 g/mol. The summed E-state index contributed by atoms with van der Waals surface area (Å²) in [5.41, 5.74) is 0. The molecule has 0 aliphatic heterocycles. The molecule has 0 radical (unpaired) electrons. The van der Waals surface area contributed by atoms with Crippen molar-refractivity contribution in [2.45, 2.75) is 31.1 Å². The molecule has 64 valence electrons. The maximum absolute atomic E-state index is 12.3. The van der Waals surface area contributed by atoms with E-state index in [1.54, 1.807) is 0 Å². The third kappa shape index (κ3) is 1.36. The van der Waals surface area contributed by atoms with Gasteiger partial charge in [0.15, 0.2) is 0 Å². The van der Waals surface area contributed by atoms with Gasteiger partial charge in [0.2, 0.25) is 0 Å². The SMILES string of the molecule is O=C1C(F)(F)CCCC1(F)F. The highest BCUT2D eigenvalue weighted by Gasteiger charge is 2.56. The molecule has 1 nitrogen and oxygen atoms in total. The fraction of sp³-hybridized carbons (Fsp3) is 0.833. The molecule has 0 unspecified atom stereocenters.